The molecule has 0 fully saturated rings. The van der Waals surface area contributed by atoms with Crippen molar-refractivity contribution in [3.8, 4) is 17.0 Å². The largest absolute Gasteiger partial charge is 0.497 e. The molecule has 7 heteroatoms. The molecular formula is C19H17N5O2. The molecule has 0 unspecified atom stereocenters. The smallest absolute Gasteiger partial charge is 0.272 e. The van der Waals surface area contributed by atoms with Crippen molar-refractivity contribution in [3.63, 3.8) is 0 Å². The Kier molecular flexibility index (Phi) is 3.81. The molecule has 0 aliphatic carbocycles. The number of nitrogens with zero attached hydrogens (tertiary/aromatic N) is 1. The fraction of sp³-hybridized carbons (Fsp3) is 0.0526. The Morgan fingerprint density at radius 1 is 1.15 bits per heavy atom. The van der Waals surface area contributed by atoms with Crippen molar-refractivity contribution in [3.05, 3.63) is 60.4 Å². The first-order valence-electron chi connectivity index (χ1n) is 8.01. The lowest BCUT2D eigenvalue weighted by Gasteiger charge is -2.05. The Morgan fingerprint density at radius 2 is 2.04 bits per heavy atom. The summed E-state index contributed by atoms with van der Waals surface area (Å²) in [6.45, 7) is 0. The maximum Gasteiger partial charge on any atom is 0.272 e. The Morgan fingerprint density at radius 3 is 2.81 bits per heavy atom. The number of aromatic amines is 2. The van der Waals surface area contributed by atoms with Gasteiger partial charge in [0, 0.05) is 22.2 Å². The summed E-state index contributed by atoms with van der Waals surface area (Å²) in [4.78, 5) is 22.7. The molecule has 2 aromatic carbocycles. The van der Waals surface area contributed by atoms with E-state index in [9.17, 15) is 4.79 Å². The van der Waals surface area contributed by atoms with Gasteiger partial charge in [0.25, 0.3) is 5.91 Å². The zero-order valence-corrected chi connectivity index (χ0v) is 14.0. The average Bonchev–Trinajstić information content (AvgIpc) is 3.27. The van der Waals surface area contributed by atoms with Crippen LogP contribution in [0.1, 0.15) is 10.5 Å². The molecule has 26 heavy (non-hydrogen) atoms. The standard InChI is InChI=1S/C19H17N5O2/c1-26-14-5-6-15-12(8-14)9-16(23-15)18(25)22-13-4-2-3-11(7-13)17-10-21-19(20)24-17/h2-10,23H,1H3,(H,22,25)(H3,20,21,24). The number of H-pyrrole nitrogens is 2. The van der Waals surface area contributed by atoms with Gasteiger partial charge < -0.3 is 25.8 Å². The number of benzene rings is 2. The second-order valence-corrected chi connectivity index (χ2v) is 5.85. The van der Waals surface area contributed by atoms with Gasteiger partial charge in [-0.15, -0.1) is 0 Å². The van der Waals surface area contributed by atoms with Gasteiger partial charge in [-0.2, -0.15) is 0 Å². The number of nitrogen functional groups attached to an aromatic ring is 1. The van der Waals surface area contributed by atoms with Crippen LogP contribution in [0.5, 0.6) is 5.75 Å². The van der Waals surface area contributed by atoms with E-state index in [1.54, 1.807) is 19.4 Å². The van der Waals surface area contributed by atoms with E-state index in [1.807, 2.05) is 42.5 Å². The number of nitrogens with one attached hydrogen (secondary N) is 3. The second kappa shape index (κ2) is 6.29. The lowest BCUT2D eigenvalue weighted by Crippen LogP contribution is -2.12. The van der Waals surface area contributed by atoms with Gasteiger partial charge in [-0.3, -0.25) is 4.79 Å². The van der Waals surface area contributed by atoms with Crippen LogP contribution in [0.3, 0.4) is 0 Å². The predicted octanol–water partition coefficient (Wildman–Crippen LogP) is 3.40. The summed E-state index contributed by atoms with van der Waals surface area (Å²) in [6, 6.07) is 14.9. The van der Waals surface area contributed by atoms with Crippen LogP contribution in [-0.4, -0.2) is 28.0 Å². The van der Waals surface area contributed by atoms with E-state index in [1.165, 1.54) is 0 Å². The summed E-state index contributed by atoms with van der Waals surface area (Å²) in [5, 5.41) is 3.81. The minimum absolute atomic E-state index is 0.221. The second-order valence-electron chi connectivity index (χ2n) is 5.85. The third kappa shape index (κ3) is 2.98. The number of rotatable bonds is 4. The van der Waals surface area contributed by atoms with Crippen LogP contribution in [0.4, 0.5) is 11.6 Å². The van der Waals surface area contributed by atoms with Crippen LogP contribution in [-0.2, 0) is 0 Å². The molecule has 0 aliphatic heterocycles. The molecule has 130 valence electrons. The molecule has 5 N–H and O–H groups in total. The van der Waals surface area contributed by atoms with E-state index in [4.69, 9.17) is 10.5 Å². The number of amides is 1. The van der Waals surface area contributed by atoms with Crippen LogP contribution < -0.4 is 15.8 Å². The molecule has 2 aromatic heterocycles. The summed E-state index contributed by atoms with van der Waals surface area (Å²) < 4.78 is 5.21. The Hall–Kier alpha value is -3.74. The quantitative estimate of drug-likeness (QED) is 0.453. The normalized spacial score (nSPS) is 10.8. The van der Waals surface area contributed by atoms with E-state index < -0.39 is 0 Å². The molecule has 0 radical (unpaired) electrons. The monoisotopic (exact) mass is 347 g/mol. The van der Waals surface area contributed by atoms with Crippen LogP contribution in [0.25, 0.3) is 22.2 Å². The van der Waals surface area contributed by atoms with Crippen molar-refractivity contribution in [1.82, 2.24) is 15.0 Å². The van der Waals surface area contributed by atoms with Gasteiger partial charge in [-0.25, -0.2) is 4.98 Å². The van der Waals surface area contributed by atoms with Crippen molar-refractivity contribution in [2.75, 3.05) is 18.2 Å². The maximum atomic E-state index is 12.6. The highest BCUT2D eigenvalue weighted by molar-refractivity contribution is 6.06. The molecule has 0 atom stereocenters. The minimum atomic E-state index is -0.221. The van der Waals surface area contributed by atoms with Gasteiger partial charge in [0.05, 0.1) is 19.0 Å². The maximum absolute atomic E-state index is 12.6. The zero-order chi connectivity index (χ0) is 18.1. The predicted molar refractivity (Wildman–Crippen MR) is 101 cm³/mol. The average molecular weight is 347 g/mol. The number of aromatic nitrogens is 3. The number of hydrogen-bond acceptors (Lipinski definition) is 4. The molecule has 4 aromatic rings. The summed E-state index contributed by atoms with van der Waals surface area (Å²) in [6.07, 6.45) is 1.65. The lowest BCUT2D eigenvalue weighted by atomic mass is 10.1. The van der Waals surface area contributed by atoms with Gasteiger partial charge >= 0.3 is 0 Å². The number of carbonyl (C=O) groups excluding carboxylic acids is 1. The topological polar surface area (TPSA) is 109 Å². The summed E-state index contributed by atoms with van der Waals surface area (Å²) in [5.41, 5.74) is 9.32. The van der Waals surface area contributed by atoms with Gasteiger partial charge in [0.1, 0.15) is 11.4 Å². The van der Waals surface area contributed by atoms with Gasteiger partial charge in [0.15, 0.2) is 5.95 Å². The van der Waals surface area contributed by atoms with E-state index in [0.717, 1.165) is 27.9 Å². The highest BCUT2D eigenvalue weighted by Gasteiger charge is 2.11. The molecule has 0 saturated heterocycles. The third-order valence-electron chi connectivity index (χ3n) is 4.10. The molecule has 0 saturated carbocycles. The first-order valence-corrected chi connectivity index (χ1v) is 8.01. The van der Waals surface area contributed by atoms with Crippen LogP contribution in [0.2, 0.25) is 0 Å². The SMILES string of the molecule is COc1ccc2[nH]c(C(=O)Nc3cccc(-c4cnc(N)[nH]4)c3)cc2c1. The fourth-order valence-corrected chi connectivity index (χ4v) is 2.81. The Bertz CT molecular complexity index is 1100. The highest BCUT2D eigenvalue weighted by atomic mass is 16.5. The first-order chi connectivity index (χ1) is 12.6. The molecule has 1 amide bonds. The molecular weight excluding hydrogens is 330 g/mol. The van der Waals surface area contributed by atoms with Crippen LogP contribution in [0, 0.1) is 0 Å². The number of ether oxygens (including phenoxy) is 1. The molecule has 7 nitrogen and oxygen atoms in total. The number of nitrogens with two attached hydrogens (primary N) is 1. The van der Waals surface area contributed by atoms with E-state index >= 15 is 0 Å². The highest BCUT2D eigenvalue weighted by Crippen LogP contribution is 2.24. The van der Waals surface area contributed by atoms with Crippen molar-refractivity contribution >= 4 is 28.4 Å². The van der Waals surface area contributed by atoms with E-state index in [0.29, 0.717) is 17.3 Å². The van der Waals surface area contributed by atoms with Gasteiger partial charge in [0.2, 0.25) is 0 Å². The lowest BCUT2D eigenvalue weighted by molar-refractivity contribution is 0.102. The van der Waals surface area contributed by atoms with Gasteiger partial charge in [-0.05, 0) is 36.4 Å². The molecule has 4 rings (SSSR count). The first kappa shape index (κ1) is 15.8. The van der Waals surface area contributed by atoms with Crippen molar-refractivity contribution in [1.29, 1.82) is 0 Å². The zero-order valence-electron chi connectivity index (χ0n) is 14.0. The third-order valence-corrected chi connectivity index (χ3v) is 4.10. The molecule has 0 bridgehead atoms. The van der Waals surface area contributed by atoms with Crippen molar-refractivity contribution in [2.24, 2.45) is 0 Å². The van der Waals surface area contributed by atoms with Crippen LogP contribution >= 0.6 is 0 Å². The molecule has 0 aliphatic rings. The van der Waals surface area contributed by atoms with Crippen LogP contribution in [0.15, 0.2) is 54.7 Å². The van der Waals surface area contributed by atoms with Crippen molar-refractivity contribution in [2.45, 2.75) is 0 Å². The number of fused-ring (bicyclic) bond motifs is 1. The molecule has 2 heterocycles. The van der Waals surface area contributed by atoms with Gasteiger partial charge in [-0.1, -0.05) is 12.1 Å². The number of hydrogen-bond donors (Lipinski definition) is 4. The number of carbonyl (C=O) groups is 1. The molecule has 0 spiro atoms. The summed E-state index contributed by atoms with van der Waals surface area (Å²) >= 11 is 0. The minimum Gasteiger partial charge on any atom is -0.497 e. The number of anilines is 2. The fourth-order valence-electron chi connectivity index (χ4n) is 2.81. The summed E-state index contributed by atoms with van der Waals surface area (Å²) in [7, 11) is 1.61. The van der Waals surface area contributed by atoms with Crippen molar-refractivity contribution < 1.29 is 9.53 Å². The van der Waals surface area contributed by atoms with E-state index in [-0.39, 0.29) is 5.91 Å². The van der Waals surface area contributed by atoms with E-state index in [2.05, 4.69) is 20.3 Å². The number of imidazole rings is 1. The number of methoxy groups -OCH3 is 1. The Labute approximate surface area is 149 Å². The Balaban J connectivity index is 1.58. The summed E-state index contributed by atoms with van der Waals surface area (Å²) in [5.74, 6) is 0.874.